The highest BCUT2D eigenvalue weighted by molar-refractivity contribution is 6.17. The van der Waals surface area contributed by atoms with Crippen LogP contribution in [0.3, 0.4) is 0 Å². The molecule has 0 unspecified atom stereocenters. The van der Waals surface area contributed by atoms with Crippen molar-refractivity contribution in [2.75, 3.05) is 4.90 Å². The summed E-state index contributed by atoms with van der Waals surface area (Å²) < 4.78 is 0. The van der Waals surface area contributed by atoms with E-state index in [1.165, 1.54) is 0 Å². The molecule has 43 heavy (non-hydrogen) atoms. The third kappa shape index (κ3) is 3.81. The zero-order valence-corrected chi connectivity index (χ0v) is 22.6. The molecule has 0 bridgehead atoms. The summed E-state index contributed by atoms with van der Waals surface area (Å²) in [4.78, 5) is 23.7. The molecule has 5 aromatic carbocycles. The summed E-state index contributed by atoms with van der Waals surface area (Å²) in [5.41, 5.74) is 9.24. The maximum absolute atomic E-state index is 9.42. The van der Waals surface area contributed by atoms with Gasteiger partial charge in [0, 0.05) is 33.6 Å². The van der Waals surface area contributed by atoms with Crippen LogP contribution in [0.2, 0.25) is 0 Å². The van der Waals surface area contributed by atoms with Crippen molar-refractivity contribution in [3.63, 3.8) is 0 Å². The van der Waals surface area contributed by atoms with E-state index < -0.39 is 0 Å². The summed E-state index contributed by atoms with van der Waals surface area (Å²) in [5, 5.41) is 11.6. The third-order valence-electron chi connectivity index (χ3n) is 7.73. The lowest BCUT2D eigenvalue weighted by molar-refractivity contribution is 1.16. The van der Waals surface area contributed by atoms with Gasteiger partial charge in [-0.1, -0.05) is 90.4 Å². The van der Waals surface area contributed by atoms with Gasteiger partial charge >= 0.3 is 5.82 Å². The van der Waals surface area contributed by atoms with Crippen LogP contribution in [-0.4, -0.2) is 19.9 Å². The molecule has 1 aliphatic carbocycles. The summed E-state index contributed by atoms with van der Waals surface area (Å²) in [6.45, 7) is 7.36. The lowest BCUT2D eigenvalue weighted by Gasteiger charge is -2.25. The fourth-order valence-corrected chi connectivity index (χ4v) is 5.85. The van der Waals surface area contributed by atoms with E-state index in [4.69, 9.17) is 16.5 Å². The smallest absolute Gasteiger partial charge is 0.308 e. The van der Waals surface area contributed by atoms with Gasteiger partial charge in [0.05, 0.1) is 0 Å². The first-order valence-corrected chi connectivity index (χ1v) is 13.7. The normalized spacial score (nSPS) is 11.2. The molecule has 2 aromatic heterocycles. The number of para-hydroxylation sites is 2. The number of nitrogens with zero attached hydrogens (tertiary/aromatic N) is 7. The summed E-state index contributed by atoms with van der Waals surface area (Å²) >= 11 is 0. The van der Waals surface area contributed by atoms with Crippen molar-refractivity contribution in [2.24, 2.45) is 0 Å². The molecule has 198 valence electrons. The third-order valence-corrected chi connectivity index (χ3v) is 7.73. The summed E-state index contributed by atoms with van der Waals surface area (Å²) in [6.07, 6.45) is 0. The van der Waals surface area contributed by atoms with Crippen LogP contribution in [0.4, 0.5) is 22.9 Å². The number of aromatic nitrogens is 4. The van der Waals surface area contributed by atoms with Crippen LogP contribution in [0.15, 0.2) is 115 Å². The predicted octanol–water partition coefficient (Wildman–Crippen LogP) is 8.78. The topological polar surface area (TPSA) is 83.0 Å². The van der Waals surface area contributed by atoms with Crippen molar-refractivity contribution in [1.29, 1.82) is 5.26 Å². The van der Waals surface area contributed by atoms with Gasteiger partial charge in [-0.3, -0.25) is 0 Å². The average Bonchev–Trinajstić information content (AvgIpc) is 3.38. The molecule has 0 fully saturated rings. The maximum Gasteiger partial charge on any atom is 0.308 e. The van der Waals surface area contributed by atoms with Gasteiger partial charge in [0.1, 0.15) is 17.5 Å². The Bertz CT molecular complexity index is 2190. The summed E-state index contributed by atoms with van der Waals surface area (Å²) in [5.74, 6) is -0.0678. The minimum Gasteiger partial charge on any atom is -0.358 e. The second-order valence-electron chi connectivity index (χ2n) is 10.1. The van der Waals surface area contributed by atoms with Gasteiger partial charge in [-0.2, -0.15) is 5.26 Å². The summed E-state index contributed by atoms with van der Waals surface area (Å²) in [7, 11) is 0. The quantitative estimate of drug-likeness (QED) is 0.204. The van der Waals surface area contributed by atoms with Crippen molar-refractivity contribution in [2.45, 2.75) is 0 Å². The van der Waals surface area contributed by atoms with E-state index in [1.807, 2.05) is 30.3 Å². The Hall–Kier alpha value is -6.44. The Morgan fingerprint density at radius 3 is 1.79 bits per heavy atom. The molecule has 0 atom stereocenters. The van der Waals surface area contributed by atoms with E-state index in [-0.39, 0.29) is 22.8 Å². The monoisotopic (exact) mass is 549 g/mol. The number of rotatable bonds is 4. The number of nitriles is 1. The Balaban J connectivity index is 1.24. The molecular weight excluding hydrogens is 530 g/mol. The van der Waals surface area contributed by atoms with E-state index in [0.29, 0.717) is 11.4 Å². The molecule has 0 amide bonds. The van der Waals surface area contributed by atoms with E-state index in [0.717, 1.165) is 50.1 Å². The van der Waals surface area contributed by atoms with Crippen LogP contribution in [0.1, 0.15) is 5.69 Å². The highest BCUT2D eigenvalue weighted by Crippen LogP contribution is 2.48. The number of hydrogen-bond acceptors (Lipinski definition) is 6. The number of hydrogen-bond donors (Lipinski definition) is 0. The molecular formula is C36H19N7. The lowest BCUT2D eigenvalue weighted by atomic mass is 9.94. The molecule has 0 aliphatic heterocycles. The maximum atomic E-state index is 9.42. The summed E-state index contributed by atoms with van der Waals surface area (Å²) in [6, 6.07) is 41.7. The first kappa shape index (κ1) is 24.4. The van der Waals surface area contributed by atoms with E-state index in [9.17, 15) is 5.26 Å². The molecule has 0 N–H and O–H groups in total. The minimum absolute atomic E-state index is 0.0469. The Morgan fingerprint density at radius 2 is 1.16 bits per heavy atom. The van der Waals surface area contributed by atoms with Crippen molar-refractivity contribution in [1.82, 2.24) is 19.9 Å². The molecule has 7 nitrogen and oxygen atoms in total. The van der Waals surface area contributed by atoms with Crippen LogP contribution in [-0.2, 0) is 0 Å². The van der Waals surface area contributed by atoms with Gasteiger partial charge < -0.3 is 9.74 Å². The first-order valence-electron chi connectivity index (χ1n) is 13.7. The zero-order chi connectivity index (χ0) is 28.9. The second-order valence-corrected chi connectivity index (χ2v) is 10.1. The lowest BCUT2D eigenvalue weighted by Crippen LogP contribution is -2.09. The van der Waals surface area contributed by atoms with Gasteiger partial charge in [0.15, 0.2) is 5.69 Å². The van der Waals surface area contributed by atoms with Crippen LogP contribution in [0.25, 0.3) is 60.6 Å². The van der Waals surface area contributed by atoms with Gasteiger partial charge in [-0.15, -0.1) is 0 Å². The minimum atomic E-state index is -0.0678. The molecule has 0 radical (unpaired) electrons. The van der Waals surface area contributed by atoms with Crippen LogP contribution >= 0.6 is 0 Å². The van der Waals surface area contributed by atoms with Crippen molar-refractivity contribution < 1.29 is 0 Å². The SMILES string of the molecule is [C-]#[N+]c1nc2nc3c(nc2nc1C#N)-c1ccc(-c2ccc(N(c4ccccc4)c4ccccc4)cc2)c2cccc-3c12. The highest BCUT2D eigenvalue weighted by atomic mass is 15.1. The molecule has 0 saturated heterocycles. The fraction of sp³-hybridized carbons (Fsp3) is 0. The number of anilines is 3. The van der Waals surface area contributed by atoms with Crippen LogP contribution in [0.5, 0.6) is 0 Å². The van der Waals surface area contributed by atoms with Crippen LogP contribution < -0.4 is 4.90 Å². The largest absolute Gasteiger partial charge is 0.358 e. The molecule has 8 rings (SSSR count). The molecule has 7 aromatic rings. The Kier molecular flexibility index (Phi) is 5.43. The Labute approximate surface area is 246 Å². The van der Waals surface area contributed by atoms with E-state index in [2.05, 4.69) is 111 Å². The van der Waals surface area contributed by atoms with Crippen molar-refractivity contribution in [3.8, 4) is 39.7 Å². The fourth-order valence-electron chi connectivity index (χ4n) is 5.85. The van der Waals surface area contributed by atoms with Crippen LogP contribution in [0, 0.1) is 17.9 Å². The van der Waals surface area contributed by atoms with E-state index >= 15 is 0 Å². The second kappa shape index (κ2) is 9.59. The molecule has 0 saturated carbocycles. The van der Waals surface area contributed by atoms with Gasteiger partial charge in [0.2, 0.25) is 5.65 Å². The average molecular weight is 550 g/mol. The zero-order valence-electron chi connectivity index (χ0n) is 22.6. The van der Waals surface area contributed by atoms with Gasteiger partial charge in [-0.05, 0) is 52.9 Å². The van der Waals surface area contributed by atoms with E-state index in [1.54, 1.807) is 0 Å². The molecule has 2 heterocycles. The molecule has 0 spiro atoms. The van der Waals surface area contributed by atoms with Crippen molar-refractivity contribution in [3.05, 3.63) is 132 Å². The number of benzene rings is 5. The molecule has 7 heteroatoms. The number of fused-ring (bicyclic) bond motifs is 4. The standard InChI is InChI=1S/C36H19N7/c1-38-34-30(21-37)39-35-36(42-34)41-32-28-14-8-13-27-26(19-20-29(31(27)28)33(32)40-35)22-15-17-25(18-16-22)43(23-9-4-2-5-10-23)24-11-6-3-7-12-24/h2-20H. The first-order chi connectivity index (χ1) is 21.2. The predicted molar refractivity (Wildman–Crippen MR) is 168 cm³/mol. The van der Waals surface area contributed by atoms with Crippen molar-refractivity contribution >= 4 is 44.9 Å². The molecule has 1 aliphatic rings. The Morgan fingerprint density at radius 1 is 0.581 bits per heavy atom. The van der Waals surface area contributed by atoms with Gasteiger partial charge in [-0.25, -0.2) is 15.0 Å². The van der Waals surface area contributed by atoms with Gasteiger partial charge in [0.25, 0.3) is 5.65 Å². The highest BCUT2D eigenvalue weighted by Gasteiger charge is 2.28.